The maximum Gasteiger partial charge on any atom is 0.347 e. The van der Waals surface area contributed by atoms with Gasteiger partial charge >= 0.3 is 5.97 Å². The third-order valence-corrected chi connectivity index (χ3v) is 4.82. The SMILES string of the molecule is CCC1CCC(Nc2nc(C)c(C(=O)O)s2)CC1. The molecule has 2 N–H and O–H groups in total. The largest absolute Gasteiger partial charge is 0.477 e. The van der Waals surface area contributed by atoms with Crippen LogP contribution in [-0.2, 0) is 0 Å². The highest BCUT2D eigenvalue weighted by Crippen LogP contribution is 2.30. The van der Waals surface area contributed by atoms with Crippen LogP contribution in [0.25, 0.3) is 0 Å². The van der Waals surface area contributed by atoms with Crippen molar-refractivity contribution in [2.24, 2.45) is 5.92 Å². The molecule has 1 saturated carbocycles. The van der Waals surface area contributed by atoms with E-state index >= 15 is 0 Å². The molecular formula is C13H20N2O2S. The second-order valence-corrected chi connectivity index (χ2v) is 6.01. The monoisotopic (exact) mass is 268 g/mol. The van der Waals surface area contributed by atoms with Gasteiger partial charge in [0.1, 0.15) is 4.88 Å². The number of anilines is 1. The van der Waals surface area contributed by atoms with E-state index in [9.17, 15) is 4.79 Å². The van der Waals surface area contributed by atoms with E-state index in [0.29, 0.717) is 16.6 Å². The number of aromatic carboxylic acids is 1. The van der Waals surface area contributed by atoms with Gasteiger partial charge in [-0.05, 0) is 38.5 Å². The van der Waals surface area contributed by atoms with Gasteiger partial charge in [-0.1, -0.05) is 24.7 Å². The number of hydrogen-bond acceptors (Lipinski definition) is 4. The van der Waals surface area contributed by atoms with E-state index in [1.54, 1.807) is 6.92 Å². The molecule has 1 heterocycles. The fourth-order valence-corrected chi connectivity index (χ4v) is 3.43. The van der Waals surface area contributed by atoms with Crippen LogP contribution in [0.2, 0.25) is 0 Å². The molecule has 0 unspecified atom stereocenters. The zero-order valence-corrected chi connectivity index (χ0v) is 11.7. The van der Waals surface area contributed by atoms with E-state index in [4.69, 9.17) is 5.11 Å². The van der Waals surface area contributed by atoms with E-state index in [2.05, 4.69) is 17.2 Å². The van der Waals surface area contributed by atoms with E-state index in [0.717, 1.165) is 11.0 Å². The zero-order chi connectivity index (χ0) is 13.1. The normalized spacial score (nSPS) is 23.9. The number of carbonyl (C=O) groups is 1. The summed E-state index contributed by atoms with van der Waals surface area (Å²) in [6.07, 6.45) is 6.14. The van der Waals surface area contributed by atoms with Gasteiger partial charge < -0.3 is 10.4 Å². The highest BCUT2D eigenvalue weighted by Gasteiger charge is 2.21. The van der Waals surface area contributed by atoms with Crippen LogP contribution in [0, 0.1) is 12.8 Å². The van der Waals surface area contributed by atoms with Crippen LogP contribution in [0.5, 0.6) is 0 Å². The first-order chi connectivity index (χ1) is 8.60. The molecule has 1 aliphatic rings. The van der Waals surface area contributed by atoms with Crippen LogP contribution < -0.4 is 5.32 Å². The second-order valence-electron chi connectivity index (χ2n) is 5.01. The summed E-state index contributed by atoms with van der Waals surface area (Å²) in [4.78, 5) is 15.6. The van der Waals surface area contributed by atoms with Crippen molar-refractivity contribution in [2.45, 2.75) is 52.0 Å². The van der Waals surface area contributed by atoms with Gasteiger partial charge in [0, 0.05) is 6.04 Å². The molecule has 1 fully saturated rings. The van der Waals surface area contributed by atoms with Crippen LogP contribution >= 0.6 is 11.3 Å². The van der Waals surface area contributed by atoms with Gasteiger partial charge in [0.05, 0.1) is 5.69 Å². The van der Waals surface area contributed by atoms with E-state index < -0.39 is 5.97 Å². The van der Waals surface area contributed by atoms with Crippen molar-refractivity contribution >= 4 is 22.4 Å². The Balaban J connectivity index is 1.94. The molecule has 0 radical (unpaired) electrons. The smallest absolute Gasteiger partial charge is 0.347 e. The summed E-state index contributed by atoms with van der Waals surface area (Å²) in [6.45, 7) is 4.00. The van der Waals surface area contributed by atoms with Crippen LogP contribution in [0.3, 0.4) is 0 Å². The second kappa shape index (κ2) is 5.69. The van der Waals surface area contributed by atoms with Crippen molar-refractivity contribution in [3.63, 3.8) is 0 Å². The van der Waals surface area contributed by atoms with Gasteiger partial charge in [-0.2, -0.15) is 0 Å². The Hall–Kier alpha value is -1.10. The molecule has 0 amide bonds. The van der Waals surface area contributed by atoms with Crippen molar-refractivity contribution in [1.82, 2.24) is 4.98 Å². The fourth-order valence-electron chi connectivity index (χ4n) is 2.55. The Kier molecular flexibility index (Phi) is 4.22. The van der Waals surface area contributed by atoms with Crippen LogP contribution in [0.1, 0.15) is 54.4 Å². The molecule has 0 aliphatic heterocycles. The first-order valence-electron chi connectivity index (χ1n) is 6.57. The van der Waals surface area contributed by atoms with Crippen molar-refractivity contribution in [1.29, 1.82) is 0 Å². The number of hydrogen-bond donors (Lipinski definition) is 2. The molecule has 0 bridgehead atoms. The minimum atomic E-state index is -0.882. The molecule has 0 saturated heterocycles. The Morgan fingerprint density at radius 1 is 1.44 bits per heavy atom. The summed E-state index contributed by atoms with van der Waals surface area (Å²) in [7, 11) is 0. The third-order valence-electron chi connectivity index (χ3n) is 3.74. The van der Waals surface area contributed by atoms with Gasteiger partial charge in [0.25, 0.3) is 0 Å². The number of aryl methyl sites for hydroxylation is 1. The number of carboxylic acid groups (broad SMARTS) is 1. The zero-order valence-electron chi connectivity index (χ0n) is 10.9. The predicted molar refractivity (Wildman–Crippen MR) is 73.5 cm³/mol. The number of rotatable bonds is 4. The Morgan fingerprint density at radius 2 is 2.11 bits per heavy atom. The van der Waals surface area contributed by atoms with E-state index in [1.807, 2.05) is 0 Å². The Bertz CT molecular complexity index is 423. The maximum absolute atomic E-state index is 11.0. The average Bonchev–Trinajstić information content (AvgIpc) is 2.71. The summed E-state index contributed by atoms with van der Waals surface area (Å²) < 4.78 is 0. The minimum absolute atomic E-state index is 0.347. The number of nitrogens with zero attached hydrogens (tertiary/aromatic N) is 1. The highest BCUT2D eigenvalue weighted by molar-refractivity contribution is 7.17. The highest BCUT2D eigenvalue weighted by atomic mass is 32.1. The van der Waals surface area contributed by atoms with Gasteiger partial charge in [-0.15, -0.1) is 0 Å². The lowest BCUT2D eigenvalue weighted by Crippen LogP contribution is -2.25. The van der Waals surface area contributed by atoms with Crippen molar-refractivity contribution in [3.8, 4) is 0 Å². The summed E-state index contributed by atoms with van der Waals surface area (Å²) >= 11 is 1.25. The molecule has 1 aliphatic carbocycles. The van der Waals surface area contributed by atoms with Crippen LogP contribution in [0.15, 0.2) is 0 Å². The standard InChI is InChI=1S/C13H20N2O2S/c1-3-9-4-6-10(7-5-9)15-13-14-8(2)11(18-13)12(16)17/h9-10H,3-7H2,1-2H3,(H,14,15)(H,16,17). The van der Waals surface area contributed by atoms with Crippen LogP contribution in [0.4, 0.5) is 5.13 Å². The molecule has 1 aromatic heterocycles. The molecule has 5 heteroatoms. The maximum atomic E-state index is 11.0. The summed E-state index contributed by atoms with van der Waals surface area (Å²) in [5.41, 5.74) is 0.609. The summed E-state index contributed by atoms with van der Waals surface area (Å²) in [6, 6.07) is 0.458. The molecule has 1 aromatic rings. The van der Waals surface area contributed by atoms with E-state index in [1.165, 1.54) is 43.4 Å². The van der Waals surface area contributed by atoms with Gasteiger partial charge in [0.2, 0.25) is 0 Å². The van der Waals surface area contributed by atoms with Crippen LogP contribution in [-0.4, -0.2) is 22.1 Å². The van der Waals surface area contributed by atoms with Crippen molar-refractivity contribution in [3.05, 3.63) is 10.6 Å². The number of aromatic nitrogens is 1. The predicted octanol–water partition coefficient (Wildman–Crippen LogP) is 3.53. The molecule has 0 spiro atoms. The number of thiazole rings is 1. The first-order valence-corrected chi connectivity index (χ1v) is 7.39. The number of carboxylic acids is 1. The topological polar surface area (TPSA) is 62.2 Å². The first kappa shape index (κ1) is 13.3. The lowest BCUT2D eigenvalue weighted by molar-refractivity contribution is 0.0701. The van der Waals surface area contributed by atoms with Gasteiger partial charge in [0.15, 0.2) is 5.13 Å². The summed E-state index contributed by atoms with van der Waals surface area (Å²) in [5.74, 6) is -0.0107. The molecule has 0 aromatic carbocycles. The summed E-state index contributed by atoms with van der Waals surface area (Å²) in [5, 5.41) is 13.1. The van der Waals surface area contributed by atoms with Gasteiger partial charge in [-0.25, -0.2) is 9.78 Å². The van der Waals surface area contributed by atoms with Crippen molar-refractivity contribution in [2.75, 3.05) is 5.32 Å². The van der Waals surface area contributed by atoms with E-state index in [-0.39, 0.29) is 0 Å². The molecule has 0 atom stereocenters. The molecule has 18 heavy (non-hydrogen) atoms. The molecule has 2 rings (SSSR count). The molecule has 100 valence electrons. The minimum Gasteiger partial charge on any atom is -0.477 e. The lowest BCUT2D eigenvalue weighted by Gasteiger charge is -2.28. The average molecular weight is 268 g/mol. The Labute approximate surface area is 111 Å². The molecular weight excluding hydrogens is 248 g/mol. The third kappa shape index (κ3) is 3.02. The number of nitrogens with one attached hydrogen (secondary N) is 1. The lowest BCUT2D eigenvalue weighted by atomic mass is 9.85. The molecule has 4 nitrogen and oxygen atoms in total. The van der Waals surface area contributed by atoms with Crippen molar-refractivity contribution < 1.29 is 9.90 Å². The van der Waals surface area contributed by atoms with Gasteiger partial charge in [-0.3, -0.25) is 0 Å². The Morgan fingerprint density at radius 3 is 2.61 bits per heavy atom. The quantitative estimate of drug-likeness (QED) is 0.877. The fraction of sp³-hybridized carbons (Fsp3) is 0.692.